The molecule has 2 N–H and O–H groups in total. The number of para-hydroxylation sites is 2. The molecule has 13 heteroatoms. The first-order chi connectivity index (χ1) is 34.8. The summed E-state index contributed by atoms with van der Waals surface area (Å²) < 4.78 is 23.6. The van der Waals surface area contributed by atoms with Gasteiger partial charge in [-0.15, -0.1) is 0 Å². The van der Waals surface area contributed by atoms with Crippen molar-refractivity contribution in [1.82, 2.24) is 38.9 Å². The quantitative estimate of drug-likeness (QED) is 0.0711. The number of fused-ring (bicyclic) bond motifs is 2. The van der Waals surface area contributed by atoms with Crippen molar-refractivity contribution in [2.24, 2.45) is 0 Å². The Morgan fingerprint density at radius 2 is 0.901 bits per heavy atom. The van der Waals surface area contributed by atoms with Gasteiger partial charge in [0.1, 0.15) is 36.1 Å². The van der Waals surface area contributed by atoms with Crippen molar-refractivity contribution in [3.05, 3.63) is 166 Å². The van der Waals surface area contributed by atoms with Gasteiger partial charge in [0.05, 0.1) is 48.4 Å². The van der Waals surface area contributed by atoms with Gasteiger partial charge in [0.25, 0.3) is 0 Å². The molecule has 71 heavy (non-hydrogen) atoms. The van der Waals surface area contributed by atoms with Crippen LogP contribution in [-0.2, 0) is 31.0 Å². The third-order valence-electron chi connectivity index (χ3n) is 14.1. The molecule has 8 aromatic rings. The van der Waals surface area contributed by atoms with E-state index in [-0.39, 0.29) is 0 Å². The van der Waals surface area contributed by atoms with E-state index in [1.807, 2.05) is 74.5 Å². The van der Waals surface area contributed by atoms with Gasteiger partial charge in [0.2, 0.25) is 11.9 Å². The number of hydrogen-bond acceptors (Lipinski definition) is 11. The minimum Gasteiger partial charge on any atom is -0.487 e. The van der Waals surface area contributed by atoms with Crippen molar-refractivity contribution in [1.29, 1.82) is 0 Å². The number of rotatable bonds is 20. The number of aryl methyl sites for hydroxylation is 4. The van der Waals surface area contributed by atoms with Crippen LogP contribution in [0.1, 0.15) is 70.7 Å². The van der Waals surface area contributed by atoms with Crippen LogP contribution < -0.4 is 20.1 Å². The Labute approximate surface area is 418 Å². The summed E-state index contributed by atoms with van der Waals surface area (Å²) in [5, 5.41) is 7.73. The molecule has 0 amide bonds. The van der Waals surface area contributed by atoms with E-state index in [1.54, 1.807) is 0 Å². The van der Waals surface area contributed by atoms with Crippen LogP contribution in [-0.4, -0.2) is 103 Å². The number of imidazole rings is 2. The van der Waals surface area contributed by atoms with E-state index in [0.29, 0.717) is 38.4 Å². The minimum atomic E-state index is 0.325. The van der Waals surface area contributed by atoms with Gasteiger partial charge in [-0.05, 0) is 112 Å². The first kappa shape index (κ1) is 47.9. The van der Waals surface area contributed by atoms with Gasteiger partial charge in [-0.25, -0.2) is 9.97 Å². The molecule has 4 aromatic carbocycles. The van der Waals surface area contributed by atoms with Crippen molar-refractivity contribution in [2.75, 3.05) is 63.1 Å². The predicted molar refractivity (Wildman–Crippen MR) is 284 cm³/mol. The second-order valence-electron chi connectivity index (χ2n) is 19.4. The third kappa shape index (κ3) is 11.9. The maximum atomic E-state index is 6.37. The molecule has 10 rings (SSSR count). The minimum absolute atomic E-state index is 0.325. The molecule has 2 saturated heterocycles. The monoisotopic (exact) mass is 953 g/mol. The number of pyridine rings is 2. The standard InChI is InChI=1S/C58H68N10O3/c1-41-13-11-19-51-55(41)63-57(67(51)37-49-53(23-21-43(3)59-49)70-39-45-15-7-5-8-16-45)61-47-25-29-65(30-26-47)33-35-69-36-34-66-31-27-48(28-32-66)62-58-64-56-42(2)14-12-20-52(56)68(58)38-50-54(24-22-44(4)60-50)71-40-46-17-9-6-10-18-46/h5-24,47-48H,25-40H2,1-4H3,(H,61,63)(H,62,64). The number of nitrogens with one attached hydrogen (secondary N) is 2. The van der Waals surface area contributed by atoms with Crippen LogP contribution in [0, 0.1) is 27.7 Å². The van der Waals surface area contributed by atoms with Crippen LogP contribution in [0.25, 0.3) is 22.1 Å². The zero-order valence-electron chi connectivity index (χ0n) is 41.8. The van der Waals surface area contributed by atoms with Crippen molar-refractivity contribution < 1.29 is 14.2 Å². The second-order valence-corrected chi connectivity index (χ2v) is 19.4. The molecule has 0 radical (unpaired) electrons. The fourth-order valence-corrected chi connectivity index (χ4v) is 10.0. The van der Waals surface area contributed by atoms with Gasteiger partial charge in [-0.3, -0.25) is 9.97 Å². The maximum Gasteiger partial charge on any atom is 0.204 e. The fraction of sp³-hybridized carbons (Fsp3) is 0.379. The molecule has 0 unspecified atom stereocenters. The van der Waals surface area contributed by atoms with Gasteiger partial charge in [-0.2, -0.15) is 0 Å². The Morgan fingerprint density at radius 1 is 0.479 bits per heavy atom. The molecule has 2 aliphatic heterocycles. The number of benzene rings is 4. The lowest BCUT2D eigenvalue weighted by molar-refractivity contribution is 0.0721. The molecule has 2 fully saturated rings. The molecule has 0 aliphatic carbocycles. The summed E-state index contributed by atoms with van der Waals surface area (Å²) in [6, 6.07) is 42.2. The summed E-state index contributed by atoms with van der Waals surface area (Å²) in [4.78, 5) is 25.4. The fourth-order valence-electron chi connectivity index (χ4n) is 10.0. The number of ether oxygens (including phenoxy) is 3. The lowest BCUT2D eigenvalue weighted by atomic mass is 10.1. The Morgan fingerprint density at radius 3 is 1.32 bits per heavy atom. The van der Waals surface area contributed by atoms with Crippen LogP contribution in [0.5, 0.6) is 11.5 Å². The molecule has 0 atom stereocenters. The lowest BCUT2D eigenvalue weighted by Gasteiger charge is -2.33. The number of nitrogens with zero attached hydrogens (tertiary/aromatic N) is 8. The maximum absolute atomic E-state index is 6.37. The number of hydrogen-bond donors (Lipinski definition) is 2. The lowest BCUT2D eigenvalue weighted by Crippen LogP contribution is -2.42. The SMILES string of the molecule is Cc1ccc(OCc2ccccc2)c(Cn2c(NC3CCN(CCOCCN4CCC(Nc5nc6c(C)cccc6n5Cc5nc(C)ccc5OCc5ccccc5)CC4)CC3)nc3c(C)cccc32)n1. The van der Waals surface area contributed by atoms with E-state index >= 15 is 0 Å². The van der Waals surface area contributed by atoms with Crippen molar-refractivity contribution >= 4 is 34.0 Å². The van der Waals surface area contributed by atoms with Gasteiger partial charge in [0, 0.05) is 62.7 Å². The summed E-state index contributed by atoms with van der Waals surface area (Å²) in [5.74, 6) is 3.37. The number of likely N-dealkylation sites (tertiary alicyclic amines) is 2. The van der Waals surface area contributed by atoms with E-state index in [1.165, 1.54) is 0 Å². The average molecular weight is 953 g/mol. The highest BCUT2D eigenvalue weighted by molar-refractivity contribution is 5.83. The third-order valence-corrected chi connectivity index (χ3v) is 14.1. The summed E-state index contributed by atoms with van der Waals surface area (Å²) in [6.07, 6.45) is 4.18. The Balaban J connectivity index is 0.681. The molecule has 4 aromatic heterocycles. The summed E-state index contributed by atoms with van der Waals surface area (Å²) >= 11 is 0. The van der Waals surface area contributed by atoms with E-state index in [2.05, 4.69) is 104 Å². The highest BCUT2D eigenvalue weighted by Crippen LogP contribution is 2.31. The first-order valence-corrected chi connectivity index (χ1v) is 25.5. The number of anilines is 2. The molecule has 0 bridgehead atoms. The average Bonchev–Trinajstić information content (AvgIpc) is 3.92. The predicted octanol–water partition coefficient (Wildman–Crippen LogP) is 10.1. The van der Waals surface area contributed by atoms with E-state index < -0.39 is 0 Å². The first-order valence-electron chi connectivity index (χ1n) is 25.5. The molecule has 13 nitrogen and oxygen atoms in total. The zero-order valence-corrected chi connectivity index (χ0v) is 41.8. The van der Waals surface area contributed by atoms with Crippen molar-refractivity contribution in [2.45, 2.75) is 91.8 Å². The van der Waals surface area contributed by atoms with E-state index in [9.17, 15) is 0 Å². The smallest absolute Gasteiger partial charge is 0.204 e. The van der Waals surface area contributed by atoms with Crippen molar-refractivity contribution in [3.8, 4) is 11.5 Å². The van der Waals surface area contributed by atoms with E-state index in [4.69, 9.17) is 34.1 Å². The Kier molecular flexibility index (Phi) is 15.2. The van der Waals surface area contributed by atoms with Crippen LogP contribution in [0.4, 0.5) is 11.9 Å². The second kappa shape index (κ2) is 22.5. The highest BCUT2D eigenvalue weighted by Gasteiger charge is 2.25. The van der Waals surface area contributed by atoms with Crippen LogP contribution in [0.15, 0.2) is 121 Å². The van der Waals surface area contributed by atoms with Crippen LogP contribution in [0.3, 0.4) is 0 Å². The van der Waals surface area contributed by atoms with Gasteiger partial charge >= 0.3 is 0 Å². The normalized spacial score (nSPS) is 15.2. The Hall–Kier alpha value is -6.80. The molecule has 2 aliphatic rings. The molecular weight excluding hydrogens is 885 g/mol. The largest absolute Gasteiger partial charge is 0.487 e. The van der Waals surface area contributed by atoms with Gasteiger partial charge in [0.15, 0.2) is 0 Å². The molecule has 0 spiro atoms. The summed E-state index contributed by atoms with van der Waals surface area (Å²) in [7, 11) is 0. The zero-order chi connectivity index (χ0) is 48.5. The molecule has 0 saturated carbocycles. The summed E-state index contributed by atoms with van der Waals surface area (Å²) in [5.41, 5.74) is 12.5. The van der Waals surface area contributed by atoms with Gasteiger partial charge in [-0.1, -0.05) is 84.9 Å². The molecule has 368 valence electrons. The van der Waals surface area contributed by atoms with E-state index in [0.717, 1.165) is 169 Å². The summed E-state index contributed by atoms with van der Waals surface area (Å²) in [6.45, 7) is 17.9. The number of piperidine rings is 2. The van der Waals surface area contributed by atoms with Crippen molar-refractivity contribution in [3.63, 3.8) is 0 Å². The van der Waals surface area contributed by atoms with Crippen LogP contribution in [0.2, 0.25) is 0 Å². The highest BCUT2D eigenvalue weighted by atomic mass is 16.5. The van der Waals surface area contributed by atoms with Crippen LogP contribution >= 0.6 is 0 Å². The van der Waals surface area contributed by atoms with Gasteiger partial charge < -0.3 is 43.8 Å². The molecule has 6 heterocycles. The number of aromatic nitrogens is 6. The topological polar surface area (TPSA) is 120 Å². The Bertz CT molecular complexity index is 2810. The molecular formula is C58H68N10O3.